The molecule has 2 aromatic carbocycles. The highest BCUT2D eigenvalue weighted by molar-refractivity contribution is 5.83. The summed E-state index contributed by atoms with van der Waals surface area (Å²) in [5.74, 6) is 1.41. The van der Waals surface area contributed by atoms with Gasteiger partial charge in [-0.2, -0.15) is 0 Å². The number of fused-ring (bicyclic) bond motifs is 1. The van der Waals surface area contributed by atoms with E-state index >= 15 is 0 Å². The van der Waals surface area contributed by atoms with Crippen molar-refractivity contribution in [2.45, 2.75) is 45.6 Å². The first-order chi connectivity index (χ1) is 11.9. The van der Waals surface area contributed by atoms with Crippen LogP contribution in [0.1, 0.15) is 51.2 Å². The first-order valence-corrected chi connectivity index (χ1v) is 9.04. The fraction of sp³-hybridized carbons (Fsp3) is 0.409. The van der Waals surface area contributed by atoms with Gasteiger partial charge < -0.3 is 9.64 Å². The van der Waals surface area contributed by atoms with E-state index in [1.807, 2.05) is 30.5 Å². The van der Waals surface area contributed by atoms with Crippen LogP contribution in [0.3, 0.4) is 0 Å². The van der Waals surface area contributed by atoms with Gasteiger partial charge in [0.05, 0.1) is 12.8 Å². The summed E-state index contributed by atoms with van der Waals surface area (Å²) in [7, 11) is 1.67. The molecular formula is C22H28N2O. The van der Waals surface area contributed by atoms with Crippen LogP contribution in [0.15, 0.2) is 47.5 Å². The Morgan fingerprint density at radius 2 is 1.92 bits per heavy atom. The number of ether oxygens (including phenoxy) is 1. The van der Waals surface area contributed by atoms with Crippen molar-refractivity contribution in [2.75, 3.05) is 18.6 Å². The van der Waals surface area contributed by atoms with Crippen molar-refractivity contribution in [3.05, 3.63) is 53.6 Å². The summed E-state index contributed by atoms with van der Waals surface area (Å²) in [6.45, 7) is 10.3. The lowest BCUT2D eigenvalue weighted by Gasteiger charge is -2.47. The normalized spacial score (nSPS) is 19.1. The number of hydrogen-bond donors (Lipinski definition) is 0. The quantitative estimate of drug-likeness (QED) is 0.683. The summed E-state index contributed by atoms with van der Waals surface area (Å²) in [6, 6.07) is 14.5. The van der Waals surface area contributed by atoms with Gasteiger partial charge >= 0.3 is 0 Å². The van der Waals surface area contributed by atoms with E-state index in [2.05, 4.69) is 55.8 Å². The summed E-state index contributed by atoms with van der Waals surface area (Å²) >= 11 is 0. The van der Waals surface area contributed by atoms with Gasteiger partial charge in [-0.1, -0.05) is 13.0 Å². The van der Waals surface area contributed by atoms with Crippen LogP contribution in [0.2, 0.25) is 0 Å². The summed E-state index contributed by atoms with van der Waals surface area (Å²) in [5.41, 5.74) is 5.09. The Kier molecular flexibility index (Phi) is 4.85. The van der Waals surface area contributed by atoms with E-state index in [9.17, 15) is 0 Å². The van der Waals surface area contributed by atoms with E-state index < -0.39 is 0 Å². The molecule has 3 nitrogen and oxygen atoms in total. The molecule has 0 bridgehead atoms. The maximum Gasteiger partial charge on any atom is 0.119 e. The lowest BCUT2D eigenvalue weighted by molar-refractivity contribution is 0.381. The lowest BCUT2D eigenvalue weighted by Crippen LogP contribution is -2.48. The summed E-state index contributed by atoms with van der Waals surface area (Å²) in [4.78, 5) is 7.12. The predicted molar refractivity (Wildman–Crippen MR) is 107 cm³/mol. The minimum Gasteiger partial charge on any atom is -0.497 e. The third-order valence-corrected chi connectivity index (χ3v) is 5.16. The molecule has 1 aliphatic heterocycles. The summed E-state index contributed by atoms with van der Waals surface area (Å²) < 4.78 is 5.19. The van der Waals surface area contributed by atoms with Gasteiger partial charge in [0.15, 0.2) is 0 Å². The zero-order valence-corrected chi connectivity index (χ0v) is 15.9. The predicted octanol–water partition coefficient (Wildman–Crippen LogP) is 5.56. The van der Waals surface area contributed by atoms with Crippen LogP contribution < -0.4 is 9.64 Å². The van der Waals surface area contributed by atoms with E-state index in [0.29, 0.717) is 5.92 Å². The van der Waals surface area contributed by atoms with Gasteiger partial charge in [0.25, 0.3) is 0 Å². The summed E-state index contributed by atoms with van der Waals surface area (Å²) in [6.07, 6.45) is 3.12. The molecular weight excluding hydrogens is 308 g/mol. The average molecular weight is 336 g/mol. The van der Waals surface area contributed by atoms with Gasteiger partial charge in [0, 0.05) is 24.0 Å². The van der Waals surface area contributed by atoms with E-state index in [0.717, 1.165) is 23.5 Å². The lowest BCUT2D eigenvalue weighted by atomic mass is 9.79. The molecule has 2 aromatic rings. The second kappa shape index (κ2) is 6.91. The fourth-order valence-electron chi connectivity index (χ4n) is 4.01. The first kappa shape index (κ1) is 17.5. The van der Waals surface area contributed by atoms with Crippen LogP contribution in [0, 0.1) is 0 Å². The van der Waals surface area contributed by atoms with Crippen molar-refractivity contribution in [2.24, 2.45) is 4.99 Å². The second-order valence-electron chi connectivity index (χ2n) is 7.44. The minimum absolute atomic E-state index is 0.208. The zero-order valence-electron chi connectivity index (χ0n) is 15.9. The van der Waals surface area contributed by atoms with Crippen LogP contribution >= 0.6 is 0 Å². The Morgan fingerprint density at radius 3 is 2.56 bits per heavy atom. The number of anilines is 1. The Hall–Kier alpha value is -2.29. The maximum absolute atomic E-state index is 5.19. The van der Waals surface area contributed by atoms with E-state index in [1.54, 1.807) is 7.11 Å². The molecule has 3 heteroatoms. The van der Waals surface area contributed by atoms with Gasteiger partial charge in [-0.25, -0.2) is 0 Å². The third kappa shape index (κ3) is 3.55. The second-order valence-corrected chi connectivity index (χ2v) is 7.44. The van der Waals surface area contributed by atoms with Crippen LogP contribution in [-0.2, 0) is 0 Å². The number of hydrogen-bond acceptors (Lipinski definition) is 3. The van der Waals surface area contributed by atoms with Gasteiger partial charge in [0.1, 0.15) is 5.75 Å². The van der Waals surface area contributed by atoms with Gasteiger partial charge in [-0.15, -0.1) is 0 Å². The van der Waals surface area contributed by atoms with Crippen molar-refractivity contribution in [3.8, 4) is 5.75 Å². The fourth-order valence-corrected chi connectivity index (χ4v) is 4.01. The number of benzene rings is 2. The van der Waals surface area contributed by atoms with Crippen molar-refractivity contribution >= 4 is 17.6 Å². The molecule has 0 spiro atoms. The van der Waals surface area contributed by atoms with Crippen molar-refractivity contribution < 1.29 is 4.74 Å². The van der Waals surface area contributed by atoms with Crippen molar-refractivity contribution in [1.82, 2.24) is 0 Å². The zero-order chi connectivity index (χ0) is 18.0. The number of aliphatic imine (C=N–C) groups is 1. The van der Waals surface area contributed by atoms with Gasteiger partial charge in [-0.3, -0.25) is 4.99 Å². The SMILES string of the molecule is CCN1c2ccc(C=Nc3ccc(OC)cc3)cc2[C@H](C)CC1(C)C. The number of nitrogens with zero attached hydrogens (tertiary/aromatic N) is 2. The largest absolute Gasteiger partial charge is 0.497 e. The Morgan fingerprint density at radius 1 is 1.20 bits per heavy atom. The number of rotatable bonds is 4. The molecule has 0 fully saturated rings. The number of methoxy groups -OCH3 is 1. The van der Waals surface area contributed by atoms with Crippen LogP contribution in [0.4, 0.5) is 11.4 Å². The molecule has 25 heavy (non-hydrogen) atoms. The van der Waals surface area contributed by atoms with Crippen LogP contribution in [-0.4, -0.2) is 25.4 Å². The van der Waals surface area contributed by atoms with E-state index in [-0.39, 0.29) is 5.54 Å². The highest BCUT2D eigenvalue weighted by atomic mass is 16.5. The van der Waals surface area contributed by atoms with Gasteiger partial charge in [0.2, 0.25) is 0 Å². The molecule has 1 atom stereocenters. The Labute approximate surface area is 151 Å². The van der Waals surface area contributed by atoms with Crippen LogP contribution in [0.25, 0.3) is 0 Å². The van der Waals surface area contributed by atoms with Crippen molar-refractivity contribution in [1.29, 1.82) is 0 Å². The average Bonchev–Trinajstić information content (AvgIpc) is 2.60. The van der Waals surface area contributed by atoms with Crippen molar-refractivity contribution in [3.63, 3.8) is 0 Å². The molecule has 1 heterocycles. The third-order valence-electron chi connectivity index (χ3n) is 5.16. The standard InChI is InChI=1S/C22H28N2O/c1-6-24-21-12-7-17(13-20(21)16(2)14-22(24,3)4)15-23-18-8-10-19(25-5)11-9-18/h7-13,15-16H,6,14H2,1-5H3/t16-/m1/s1. The topological polar surface area (TPSA) is 24.8 Å². The molecule has 132 valence electrons. The molecule has 0 saturated carbocycles. The minimum atomic E-state index is 0.208. The van der Waals surface area contributed by atoms with E-state index in [4.69, 9.17) is 4.74 Å². The molecule has 0 aliphatic carbocycles. The molecule has 0 unspecified atom stereocenters. The first-order valence-electron chi connectivity index (χ1n) is 9.04. The highest BCUT2D eigenvalue weighted by Gasteiger charge is 2.35. The highest BCUT2D eigenvalue weighted by Crippen LogP contribution is 2.43. The Bertz CT molecular complexity index is 762. The molecule has 0 N–H and O–H groups in total. The molecule has 1 aliphatic rings. The van der Waals surface area contributed by atoms with Crippen LogP contribution in [0.5, 0.6) is 5.75 Å². The Balaban J connectivity index is 1.87. The molecule has 0 radical (unpaired) electrons. The molecule has 0 aromatic heterocycles. The smallest absolute Gasteiger partial charge is 0.119 e. The molecule has 3 rings (SSSR count). The monoisotopic (exact) mass is 336 g/mol. The maximum atomic E-state index is 5.19. The molecule has 0 amide bonds. The van der Waals surface area contributed by atoms with Gasteiger partial charge in [-0.05, 0) is 80.6 Å². The van der Waals surface area contributed by atoms with E-state index in [1.165, 1.54) is 17.7 Å². The molecule has 0 saturated heterocycles. The summed E-state index contributed by atoms with van der Waals surface area (Å²) in [5, 5.41) is 0.